The number of phenolic OH excluding ortho intramolecular Hbond substituents is 1. The Kier molecular flexibility index (Phi) is 26.7. The van der Waals surface area contributed by atoms with Gasteiger partial charge in [-0.1, -0.05) is 162 Å². The highest BCUT2D eigenvalue weighted by molar-refractivity contribution is 5.49. The Labute approximate surface area is 287 Å². The van der Waals surface area contributed by atoms with Crippen LogP contribution in [0, 0.1) is 15.3 Å². The van der Waals surface area contributed by atoms with Gasteiger partial charge in [-0.3, -0.25) is 10.1 Å². The van der Waals surface area contributed by atoms with Gasteiger partial charge in [0, 0.05) is 17.2 Å². The fourth-order valence-electron chi connectivity index (χ4n) is 6.11. The number of nitro benzene ring substituents is 1. The van der Waals surface area contributed by atoms with Crippen LogP contribution in [0.3, 0.4) is 0 Å². The molecule has 1 rings (SSSR count). The zero-order chi connectivity index (χ0) is 34.4. The van der Waals surface area contributed by atoms with Crippen LogP contribution < -0.4 is 0 Å². The maximum Gasteiger partial charge on any atom is 0.273 e. The molecule has 1 aromatic carbocycles. The predicted molar refractivity (Wildman–Crippen MR) is 193 cm³/mol. The Morgan fingerprint density at radius 1 is 0.617 bits per heavy atom. The zero-order valence-electron chi connectivity index (χ0n) is 30.5. The minimum atomic E-state index is -0.402. The number of hydrogen-bond acceptors (Lipinski definition) is 6. The topological polar surface area (TPSA) is 114 Å². The van der Waals surface area contributed by atoms with Gasteiger partial charge in [0.15, 0.2) is 6.61 Å². The van der Waals surface area contributed by atoms with Crippen LogP contribution in [0.1, 0.15) is 192 Å². The quantitative estimate of drug-likeness (QED) is 0.0263. The first-order chi connectivity index (χ1) is 22.9. The smallest absolute Gasteiger partial charge is 0.273 e. The number of aryl methyl sites for hydroxylation is 1. The summed E-state index contributed by atoms with van der Waals surface area (Å²) < 4.78 is 0. The molecule has 0 aromatic heterocycles. The standard InChI is InChI=1S/C38H70N4O5/c1-4-7-10-13-16-17-18-19-20-21-22-23-26-29-35-33-38(43)36(32-37(35)41(44)45)34-47-39-42(46)40(30-27-24-14-11-8-5-2)31-28-25-15-12-9-6-3/h32-33,43H,4-31,34H2,1-3H3/b42-39-. The number of rotatable bonds is 33. The number of hydrazine groups is 1. The van der Waals surface area contributed by atoms with E-state index in [-0.39, 0.29) is 23.6 Å². The van der Waals surface area contributed by atoms with Crippen LogP contribution >= 0.6 is 0 Å². The second-order valence-corrected chi connectivity index (χ2v) is 13.5. The van der Waals surface area contributed by atoms with E-state index >= 15 is 0 Å². The Morgan fingerprint density at radius 3 is 1.45 bits per heavy atom. The third kappa shape index (κ3) is 21.8. The van der Waals surface area contributed by atoms with Crippen molar-refractivity contribution in [1.29, 1.82) is 0 Å². The Balaban J connectivity index is 2.55. The van der Waals surface area contributed by atoms with E-state index in [1.807, 2.05) is 0 Å². The lowest BCUT2D eigenvalue weighted by Crippen LogP contribution is -2.33. The molecule has 9 nitrogen and oxygen atoms in total. The highest BCUT2D eigenvalue weighted by atomic mass is 16.7. The molecular weight excluding hydrogens is 592 g/mol. The maximum atomic E-state index is 12.9. The molecule has 272 valence electrons. The molecule has 0 aliphatic rings. The molecule has 0 amide bonds. The van der Waals surface area contributed by atoms with Crippen molar-refractivity contribution in [2.75, 3.05) is 13.1 Å². The van der Waals surface area contributed by atoms with Gasteiger partial charge in [0.2, 0.25) is 5.28 Å². The number of nitro groups is 1. The monoisotopic (exact) mass is 663 g/mol. The highest BCUT2D eigenvalue weighted by Crippen LogP contribution is 2.30. The van der Waals surface area contributed by atoms with Crippen molar-refractivity contribution in [3.8, 4) is 5.75 Å². The Morgan fingerprint density at radius 2 is 1.02 bits per heavy atom. The van der Waals surface area contributed by atoms with E-state index in [1.165, 1.54) is 128 Å². The van der Waals surface area contributed by atoms with Crippen molar-refractivity contribution >= 4 is 5.69 Å². The summed E-state index contributed by atoms with van der Waals surface area (Å²) >= 11 is 0. The van der Waals surface area contributed by atoms with Crippen molar-refractivity contribution < 1.29 is 19.8 Å². The first-order valence-electron chi connectivity index (χ1n) is 19.5. The van der Waals surface area contributed by atoms with Crippen LogP contribution in [0.4, 0.5) is 5.69 Å². The van der Waals surface area contributed by atoms with Crippen molar-refractivity contribution in [2.24, 2.45) is 5.28 Å². The molecule has 0 saturated carbocycles. The SMILES string of the molecule is CCCCCCCCCCCCCCCc1cc(O)c(CO/N=[N+](\[O-])N(CCCCCCCC)CCCCCCCC)cc1[N+](=O)[O-]. The van der Waals surface area contributed by atoms with Gasteiger partial charge in [-0.15, -0.1) is 5.01 Å². The van der Waals surface area contributed by atoms with E-state index in [4.69, 9.17) is 4.84 Å². The lowest BCUT2D eigenvalue weighted by Gasteiger charge is -2.18. The van der Waals surface area contributed by atoms with Gasteiger partial charge >= 0.3 is 0 Å². The van der Waals surface area contributed by atoms with E-state index in [0.29, 0.717) is 30.0 Å². The lowest BCUT2D eigenvalue weighted by atomic mass is 10.0. The second-order valence-electron chi connectivity index (χ2n) is 13.5. The summed E-state index contributed by atoms with van der Waals surface area (Å²) in [5.41, 5.74) is 0.763. The molecule has 0 radical (unpaired) electrons. The number of nitrogens with zero attached hydrogens (tertiary/aromatic N) is 4. The Hall–Kier alpha value is -2.58. The first kappa shape index (κ1) is 42.4. The van der Waals surface area contributed by atoms with Crippen LogP contribution in [-0.4, -0.2) is 33.1 Å². The molecule has 0 atom stereocenters. The van der Waals surface area contributed by atoms with Crippen molar-refractivity contribution in [3.63, 3.8) is 0 Å². The number of aromatic hydroxyl groups is 1. The summed E-state index contributed by atoms with van der Waals surface area (Å²) in [7, 11) is 0. The molecule has 0 unspecified atom stereocenters. The predicted octanol–water partition coefficient (Wildman–Crippen LogP) is 12.3. The van der Waals surface area contributed by atoms with Gasteiger partial charge in [0.1, 0.15) is 5.75 Å². The highest BCUT2D eigenvalue weighted by Gasteiger charge is 2.19. The molecule has 0 bridgehead atoms. The molecule has 0 aliphatic carbocycles. The molecule has 0 spiro atoms. The van der Waals surface area contributed by atoms with E-state index in [1.54, 1.807) is 5.01 Å². The van der Waals surface area contributed by atoms with E-state index in [9.17, 15) is 20.4 Å². The van der Waals surface area contributed by atoms with E-state index in [2.05, 4.69) is 26.0 Å². The fourth-order valence-corrected chi connectivity index (χ4v) is 6.11. The van der Waals surface area contributed by atoms with Gasteiger partial charge in [-0.2, -0.15) is 0 Å². The van der Waals surface area contributed by atoms with Crippen LogP contribution in [-0.2, 0) is 17.9 Å². The van der Waals surface area contributed by atoms with E-state index < -0.39 is 4.92 Å². The third-order valence-electron chi connectivity index (χ3n) is 9.16. The van der Waals surface area contributed by atoms with Gasteiger partial charge in [-0.25, -0.2) is 0 Å². The summed E-state index contributed by atoms with van der Waals surface area (Å²) in [5, 5.41) is 40.8. The van der Waals surface area contributed by atoms with Gasteiger partial charge in [-0.05, 0) is 31.7 Å². The maximum absolute atomic E-state index is 12.9. The minimum Gasteiger partial charge on any atom is -0.569 e. The minimum absolute atomic E-state index is 0.0212. The average molecular weight is 663 g/mol. The summed E-state index contributed by atoms with van der Waals surface area (Å²) in [5.74, 6) is -0.0658. The molecule has 0 fully saturated rings. The second kappa shape index (κ2) is 29.6. The van der Waals surface area contributed by atoms with E-state index in [0.717, 1.165) is 44.9 Å². The van der Waals surface area contributed by atoms with Crippen molar-refractivity contribution in [3.05, 3.63) is 38.6 Å². The number of benzene rings is 1. The molecule has 47 heavy (non-hydrogen) atoms. The largest absolute Gasteiger partial charge is 0.569 e. The first-order valence-corrected chi connectivity index (χ1v) is 19.5. The Bertz CT molecular complexity index is 927. The summed E-state index contributed by atoms with van der Waals surface area (Å²) in [6, 6.07) is 2.84. The molecule has 0 saturated heterocycles. The van der Waals surface area contributed by atoms with Crippen LogP contribution in [0.15, 0.2) is 17.4 Å². The van der Waals surface area contributed by atoms with Gasteiger partial charge < -0.3 is 15.2 Å². The van der Waals surface area contributed by atoms with Gasteiger partial charge in [0.25, 0.3) is 5.69 Å². The number of hydrogen-bond donors (Lipinski definition) is 1. The number of phenols is 1. The van der Waals surface area contributed by atoms with Gasteiger partial charge in [0.05, 0.1) is 23.0 Å². The lowest BCUT2D eigenvalue weighted by molar-refractivity contribution is -0.711. The normalized spacial score (nSPS) is 11.7. The summed E-state index contributed by atoms with van der Waals surface area (Å²) in [6.45, 7) is 7.66. The fraction of sp³-hybridized carbons (Fsp3) is 0.842. The van der Waals surface area contributed by atoms with Crippen LogP contribution in [0.5, 0.6) is 5.75 Å². The van der Waals surface area contributed by atoms with Crippen molar-refractivity contribution in [1.82, 2.24) is 5.01 Å². The third-order valence-corrected chi connectivity index (χ3v) is 9.16. The van der Waals surface area contributed by atoms with Crippen molar-refractivity contribution in [2.45, 2.75) is 194 Å². The van der Waals surface area contributed by atoms with Crippen LogP contribution in [0.25, 0.3) is 0 Å². The molecule has 0 heterocycles. The molecule has 0 aliphatic heterocycles. The zero-order valence-corrected chi connectivity index (χ0v) is 30.5. The molecular formula is C38H70N4O5. The molecule has 9 heteroatoms. The summed E-state index contributed by atoms with van der Waals surface area (Å²) in [4.78, 5) is 17.3. The van der Waals surface area contributed by atoms with Crippen LogP contribution in [0.2, 0.25) is 0 Å². The molecule has 1 N–H and O–H groups in total. The summed E-state index contributed by atoms with van der Waals surface area (Å²) in [6.07, 6.45) is 30.4. The molecule has 1 aromatic rings. The number of unbranched alkanes of at least 4 members (excludes halogenated alkanes) is 22. The average Bonchev–Trinajstić information content (AvgIpc) is 3.06.